The highest BCUT2D eigenvalue weighted by Crippen LogP contribution is 2.61. The highest BCUT2D eigenvalue weighted by atomic mass is 16.3. The molecule has 2 heteroatoms. The van der Waals surface area contributed by atoms with Crippen molar-refractivity contribution >= 4 is 0 Å². The van der Waals surface area contributed by atoms with Gasteiger partial charge in [0.2, 0.25) is 0 Å². The van der Waals surface area contributed by atoms with E-state index in [2.05, 4.69) is 6.07 Å². The van der Waals surface area contributed by atoms with Crippen molar-refractivity contribution in [1.82, 2.24) is 0 Å². The van der Waals surface area contributed by atoms with E-state index in [9.17, 15) is 5.11 Å². The lowest BCUT2D eigenvalue weighted by molar-refractivity contribution is -0.0751. The molecule has 1 unspecified atom stereocenters. The summed E-state index contributed by atoms with van der Waals surface area (Å²) in [6.45, 7) is 0. The van der Waals surface area contributed by atoms with Crippen LogP contribution in [0.3, 0.4) is 0 Å². The zero-order valence-corrected chi connectivity index (χ0v) is 9.86. The van der Waals surface area contributed by atoms with Crippen molar-refractivity contribution in [3.05, 3.63) is 0 Å². The Morgan fingerprint density at radius 3 is 2.06 bits per heavy atom. The number of nitriles is 1. The summed E-state index contributed by atoms with van der Waals surface area (Å²) in [6, 6.07) is 2.10. The third kappa shape index (κ3) is 1.76. The molecule has 1 N–H and O–H groups in total. The van der Waals surface area contributed by atoms with Gasteiger partial charge in [0.05, 0.1) is 18.6 Å². The minimum absolute atomic E-state index is 0.321. The summed E-state index contributed by atoms with van der Waals surface area (Å²) in [5.41, 5.74) is 0.422. The smallest absolute Gasteiger partial charge is 0.0675 e. The lowest BCUT2D eigenvalue weighted by Gasteiger charge is -2.57. The standard InChI is InChI=1S/C14H21NO/c15-2-1-13(16)9-14-6-10-3-11(7-14)5-12(4-10)8-14/h10-13,16H,1,3-9H2. The van der Waals surface area contributed by atoms with Crippen LogP contribution in [0.5, 0.6) is 0 Å². The molecule has 0 saturated heterocycles. The fraction of sp³-hybridized carbons (Fsp3) is 0.929. The van der Waals surface area contributed by atoms with Gasteiger partial charge in [-0.1, -0.05) is 0 Å². The van der Waals surface area contributed by atoms with E-state index in [4.69, 9.17) is 5.26 Å². The van der Waals surface area contributed by atoms with Gasteiger partial charge < -0.3 is 5.11 Å². The third-order valence-electron chi connectivity index (χ3n) is 5.16. The van der Waals surface area contributed by atoms with E-state index in [0.29, 0.717) is 11.8 Å². The monoisotopic (exact) mass is 219 g/mol. The zero-order valence-electron chi connectivity index (χ0n) is 9.86. The number of hydrogen-bond acceptors (Lipinski definition) is 2. The molecular weight excluding hydrogens is 198 g/mol. The Balaban J connectivity index is 1.71. The summed E-state index contributed by atoms with van der Waals surface area (Å²) >= 11 is 0. The number of aliphatic hydroxyl groups excluding tert-OH is 1. The van der Waals surface area contributed by atoms with Crippen molar-refractivity contribution < 1.29 is 5.11 Å². The number of nitrogens with zero attached hydrogens (tertiary/aromatic N) is 1. The van der Waals surface area contributed by atoms with E-state index in [1.54, 1.807) is 0 Å². The molecular formula is C14H21NO. The van der Waals surface area contributed by atoms with Gasteiger partial charge in [0.1, 0.15) is 0 Å². The van der Waals surface area contributed by atoms with Crippen molar-refractivity contribution in [3.63, 3.8) is 0 Å². The van der Waals surface area contributed by atoms with Crippen LogP contribution in [0.25, 0.3) is 0 Å². The Morgan fingerprint density at radius 2 is 1.62 bits per heavy atom. The molecule has 4 rings (SSSR count). The maximum absolute atomic E-state index is 9.89. The quantitative estimate of drug-likeness (QED) is 0.793. The molecule has 4 bridgehead atoms. The first kappa shape index (κ1) is 10.6. The van der Waals surface area contributed by atoms with E-state index >= 15 is 0 Å². The Labute approximate surface area is 97.7 Å². The van der Waals surface area contributed by atoms with E-state index in [1.807, 2.05) is 0 Å². The molecule has 4 fully saturated rings. The average Bonchev–Trinajstić information content (AvgIpc) is 2.13. The minimum Gasteiger partial charge on any atom is -0.392 e. The Hall–Kier alpha value is -0.550. The van der Waals surface area contributed by atoms with Gasteiger partial charge in [-0.2, -0.15) is 5.26 Å². The molecule has 16 heavy (non-hydrogen) atoms. The van der Waals surface area contributed by atoms with Crippen LogP contribution in [0.1, 0.15) is 51.4 Å². The van der Waals surface area contributed by atoms with Crippen LogP contribution in [0.4, 0.5) is 0 Å². The van der Waals surface area contributed by atoms with Crippen molar-refractivity contribution in [3.8, 4) is 6.07 Å². The molecule has 0 heterocycles. The van der Waals surface area contributed by atoms with Crippen molar-refractivity contribution in [1.29, 1.82) is 5.26 Å². The second kappa shape index (κ2) is 3.74. The predicted molar refractivity (Wildman–Crippen MR) is 61.5 cm³/mol. The van der Waals surface area contributed by atoms with Gasteiger partial charge in [-0.05, 0) is 68.1 Å². The largest absolute Gasteiger partial charge is 0.392 e. The van der Waals surface area contributed by atoms with Gasteiger partial charge in [-0.25, -0.2) is 0 Å². The molecule has 0 aromatic rings. The van der Waals surface area contributed by atoms with Crippen molar-refractivity contribution in [2.45, 2.75) is 57.5 Å². The summed E-state index contributed by atoms with van der Waals surface area (Å²) in [6.07, 6.45) is 9.20. The first-order valence-corrected chi connectivity index (χ1v) is 6.74. The van der Waals surface area contributed by atoms with Crippen LogP contribution >= 0.6 is 0 Å². The van der Waals surface area contributed by atoms with E-state index < -0.39 is 0 Å². The predicted octanol–water partition coefficient (Wildman–Crippen LogP) is 2.87. The van der Waals surface area contributed by atoms with Gasteiger partial charge in [-0.15, -0.1) is 0 Å². The topological polar surface area (TPSA) is 44.0 Å². The van der Waals surface area contributed by atoms with Crippen LogP contribution < -0.4 is 0 Å². The first-order chi connectivity index (χ1) is 7.69. The minimum atomic E-state index is -0.374. The Morgan fingerprint density at radius 1 is 1.12 bits per heavy atom. The normalized spacial score (nSPS) is 46.6. The van der Waals surface area contributed by atoms with Crippen LogP contribution in [0, 0.1) is 34.5 Å². The molecule has 4 aliphatic rings. The van der Waals surface area contributed by atoms with Crippen molar-refractivity contribution in [2.75, 3.05) is 0 Å². The van der Waals surface area contributed by atoms with Crippen LogP contribution in [-0.4, -0.2) is 11.2 Å². The van der Waals surface area contributed by atoms with Crippen LogP contribution in [-0.2, 0) is 0 Å². The Bertz CT molecular complexity index is 282. The molecule has 0 aliphatic heterocycles. The molecule has 1 atom stereocenters. The fourth-order valence-corrected chi connectivity index (χ4v) is 5.22. The van der Waals surface area contributed by atoms with E-state index in [1.165, 1.54) is 38.5 Å². The lowest BCUT2D eigenvalue weighted by Crippen LogP contribution is -2.47. The second-order valence-electron chi connectivity index (χ2n) is 6.64. The van der Waals surface area contributed by atoms with Gasteiger partial charge >= 0.3 is 0 Å². The first-order valence-electron chi connectivity index (χ1n) is 6.74. The van der Waals surface area contributed by atoms with Crippen molar-refractivity contribution in [2.24, 2.45) is 23.2 Å². The molecule has 4 aliphatic carbocycles. The summed E-state index contributed by atoms with van der Waals surface area (Å²) in [5.74, 6) is 2.83. The maximum Gasteiger partial charge on any atom is 0.0675 e. The highest BCUT2D eigenvalue weighted by Gasteiger charge is 2.51. The fourth-order valence-electron chi connectivity index (χ4n) is 5.22. The molecule has 88 valence electrons. The molecule has 0 amide bonds. The molecule has 0 aromatic heterocycles. The number of hydrogen-bond donors (Lipinski definition) is 1. The molecule has 4 saturated carbocycles. The molecule has 2 nitrogen and oxygen atoms in total. The average molecular weight is 219 g/mol. The van der Waals surface area contributed by atoms with Gasteiger partial charge in [0.15, 0.2) is 0 Å². The second-order valence-corrected chi connectivity index (χ2v) is 6.64. The highest BCUT2D eigenvalue weighted by molar-refractivity contribution is 5.02. The van der Waals surface area contributed by atoms with Gasteiger partial charge in [0, 0.05) is 0 Å². The zero-order chi connectivity index (χ0) is 11.2. The van der Waals surface area contributed by atoms with E-state index in [-0.39, 0.29) is 6.10 Å². The summed E-state index contributed by atoms with van der Waals surface area (Å²) in [5, 5.41) is 18.5. The van der Waals surface area contributed by atoms with Gasteiger partial charge in [-0.3, -0.25) is 0 Å². The maximum atomic E-state index is 9.89. The third-order valence-corrected chi connectivity index (χ3v) is 5.16. The summed E-state index contributed by atoms with van der Waals surface area (Å²) in [4.78, 5) is 0. The van der Waals surface area contributed by atoms with Gasteiger partial charge in [0.25, 0.3) is 0 Å². The molecule has 0 spiro atoms. The molecule has 0 aromatic carbocycles. The number of aliphatic hydroxyl groups is 1. The summed E-state index contributed by atoms with van der Waals surface area (Å²) < 4.78 is 0. The Kier molecular flexibility index (Phi) is 2.47. The lowest BCUT2D eigenvalue weighted by atomic mass is 9.48. The SMILES string of the molecule is N#CCC(O)CC12CC3CC(CC(C3)C1)C2. The number of rotatable bonds is 3. The van der Waals surface area contributed by atoms with Crippen LogP contribution in [0.2, 0.25) is 0 Å². The molecule has 0 radical (unpaired) electrons. The summed E-state index contributed by atoms with van der Waals surface area (Å²) in [7, 11) is 0. The van der Waals surface area contributed by atoms with E-state index in [0.717, 1.165) is 24.2 Å². The van der Waals surface area contributed by atoms with Crippen LogP contribution in [0.15, 0.2) is 0 Å².